The van der Waals surface area contributed by atoms with Crippen molar-refractivity contribution >= 4 is 11.7 Å². The Labute approximate surface area is 130 Å². The normalized spacial score (nSPS) is 15.0. The van der Waals surface area contributed by atoms with Gasteiger partial charge in [-0.05, 0) is 31.0 Å². The minimum Gasteiger partial charge on any atom is -0.497 e. The van der Waals surface area contributed by atoms with Gasteiger partial charge in [-0.25, -0.2) is 0 Å². The predicted octanol–water partition coefficient (Wildman–Crippen LogP) is 3.34. The molecule has 0 spiro atoms. The fourth-order valence-electron chi connectivity index (χ4n) is 2.98. The van der Waals surface area contributed by atoms with E-state index in [4.69, 9.17) is 4.74 Å². The van der Waals surface area contributed by atoms with Gasteiger partial charge >= 0.3 is 0 Å². The number of rotatable bonds is 4. The summed E-state index contributed by atoms with van der Waals surface area (Å²) in [6.45, 7) is 0. The van der Waals surface area contributed by atoms with E-state index in [-0.39, 0.29) is 5.91 Å². The van der Waals surface area contributed by atoms with Gasteiger partial charge in [-0.3, -0.25) is 9.48 Å². The summed E-state index contributed by atoms with van der Waals surface area (Å²) in [7, 11) is 3.45. The van der Waals surface area contributed by atoms with Crippen LogP contribution >= 0.6 is 0 Å². The number of amides is 1. The van der Waals surface area contributed by atoms with Crippen LogP contribution in [0.15, 0.2) is 30.3 Å². The van der Waals surface area contributed by atoms with E-state index in [0.717, 1.165) is 11.5 Å². The van der Waals surface area contributed by atoms with Gasteiger partial charge in [0.25, 0.3) is 5.91 Å². The van der Waals surface area contributed by atoms with Gasteiger partial charge in [0.1, 0.15) is 11.6 Å². The van der Waals surface area contributed by atoms with E-state index < -0.39 is 0 Å². The Kier molecular flexibility index (Phi) is 4.13. The van der Waals surface area contributed by atoms with Crippen molar-refractivity contribution in [1.82, 2.24) is 9.78 Å². The number of aromatic nitrogens is 2. The van der Waals surface area contributed by atoms with E-state index in [1.165, 1.54) is 25.7 Å². The summed E-state index contributed by atoms with van der Waals surface area (Å²) in [5.74, 6) is 1.78. The second-order valence-electron chi connectivity index (χ2n) is 5.75. The van der Waals surface area contributed by atoms with E-state index in [9.17, 15) is 4.79 Å². The number of nitrogens with zero attached hydrogens (tertiary/aromatic N) is 2. The highest BCUT2D eigenvalue weighted by Crippen LogP contribution is 2.34. The van der Waals surface area contributed by atoms with Crippen LogP contribution < -0.4 is 10.1 Å². The molecule has 0 saturated heterocycles. The Morgan fingerprint density at radius 1 is 1.32 bits per heavy atom. The summed E-state index contributed by atoms with van der Waals surface area (Å²) < 4.78 is 6.89. The first-order chi connectivity index (χ1) is 10.7. The molecule has 1 saturated carbocycles. The van der Waals surface area contributed by atoms with Crippen molar-refractivity contribution in [1.29, 1.82) is 0 Å². The van der Waals surface area contributed by atoms with Crippen molar-refractivity contribution in [3.63, 3.8) is 0 Å². The smallest absolute Gasteiger partial charge is 0.256 e. The number of aryl methyl sites for hydroxylation is 1. The molecule has 0 unspecified atom stereocenters. The summed E-state index contributed by atoms with van der Waals surface area (Å²) in [6.07, 6.45) is 4.93. The molecule has 0 radical (unpaired) electrons. The van der Waals surface area contributed by atoms with Crippen LogP contribution in [0.2, 0.25) is 0 Å². The van der Waals surface area contributed by atoms with Gasteiger partial charge in [-0.2, -0.15) is 5.10 Å². The van der Waals surface area contributed by atoms with Gasteiger partial charge in [0.15, 0.2) is 0 Å². The lowest BCUT2D eigenvalue weighted by molar-refractivity contribution is 0.102. The Morgan fingerprint density at radius 2 is 2.09 bits per heavy atom. The van der Waals surface area contributed by atoms with E-state index >= 15 is 0 Å². The standard InChI is InChI=1S/C17H21N3O2/c1-20-16(11-15(19-20)12-6-3-4-7-12)18-17(21)13-8-5-9-14(10-13)22-2/h5,8-12H,3-4,6-7H2,1-2H3,(H,18,21). The van der Waals surface area contributed by atoms with Gasteiger partial charge in [0.2, 0.25) is 0 Å². The molecule has 5 heteroatoms. The van der Waals surface area contributed by atoms with Crippen LogP contribution in [0, 0.1) is 0 Å². The maximum absolute atomic E-state index is 12.4. The second kappa shape index (κ2) is 6.22. The number of benzene rings is 1. The number of hydrogen-bond acceptors (Lipinski definition) is 3. The van der Waals surface area contributed by atoms with Gasteiger partial charge in [0.05, 0.1) is 12.8 Å². The molecule has 1 N–H and O–H groups in total. The molecule has 5 nitrogen and oxygen atoms in total. The first-order valence-corrected chi connectivity index (χ1v) is 7.66. The molecule has 3 rings (SSSR count). The summed E-state index contributed by atoms with van der Waals surface area (Å²) >= 11 is 0. The molecule has 1 aromatic heterocycles. The average molecular weight is 299 g/mol. The van der Waals surface area contributed by atoms with Crippen LogP contribution in [0.5, 0.6) is 5.75 Å². The zero-order chi connectivity index (χ0) is 15.5. The molecule has 1 aliphatic rings. The molecule has 1 aliphatic carbocycles. The quantitative estimate of drug-likeness (QED) is 0.942. The minimum atomic E-state index is -0.153. The zero-order valence-corrected chi connectivity index (χ0v) is 13.0. The van der Waals surface area contributed by atoms with E-state index in [2.05, 4.69) is 10.4 Å². The van der Waals surface area contributed by atoms with Crippen LogP contribution in [0.4, 0.5) is 5.82 Å². The summed E-state index contributed by atoms with van der Waals surface area (Å²) in [4.78, 5) is 12.4. The van der Waals surface area contributed by atoms with Gasteiger partial charge in [-0.15, -0.1) is 0 Å². The summed E-state index contributed by atoms with van der Waals surface area (Å²) in [6, 6.07) is 9.11. The van der Waals surface area contributed by atoms with Crippen molar-refractivity contribution in [3.8, 4) is 5.75 Å². The Hall–Kier alpha value is -2.30. The zero-order valence-electron chi connectivity index (χ0n) is 13.0. The highest BCUT2D eigenvalue weighted by Gasteiger charge is 2.21. The van der Waals surface area contributed by atoms with Gasteiger partial charge < -0.3 is 10.1 Å². The molecule has 2 aromatic rings. The summed E-state index contributed by atoms with van der Waals surface area (Å²) in [5, 5.41) is 7.48. The fourth-order valence-corrected chi connectivity index (χ4v) is 2.98. The number of methoxy groups -OCH3 is 1. The molecule has 1 fully saturated rings. The average Bonchev–Trinajstić information content (AvgIpc) is 3.18. The van der Waals surface area contributed by atoms with Gasteiger partial charge in [-0.1, -0.05) is 18.9 Å². The lowest BCUT2D eigenvalue weighted by atomic mass is 10.0. The molecular formula is C17H21N3O2. The predicted molar refractivity (Wildman–Crippen MR) is 85.4 cm³/mol. The van der Waals surface area contributed by atoms with Gasteiger partial charge in [0, 0.05) is 24.6 Å². The van der Waals surface area contributed by atoms with Crippen molar-refractivity contribution in [2.45, 2.75) is 31.6 Å². The maximum atomic E-state index is 12.4. The molecular weight excluding hydrogens is 278 g/mol. The SMILES string of the molecule is COc1cccc(C(=O)Nc2cc(C3CCCC3)nn2C)c1. The van der Waals surface area contributed by atoms with Crippen LogP contribution in [0.3, 0.4) is 0 Å². The van der Waals surface area contributed by atoms with Crippen molar-refractivity contribution in [2.24, 2.45) is 7.05 Å². The monoisotopic (exact) mass is 299 g/mol. The summed E-state index contributed by atoms with van der Waals surface area (Å²) in [5.41, 5.74) is 1.66. The third-order valence-electron chi connectivity index (χ3n) is 4.25. The first kappa shape index (κ1) is 14.6. The van der Waals surface area contributed by atoms with Crippen molar-refractivity contribution in [3.05, 3.63) is 41.6 Å². The third kappa shape index (κ3) is 2.98. The molecule has 22 heavy (non-hydrogen) atoms. The molecule has 1 heterocycles. The minimum absolute atomic E-state index is 0.153. The first-order valence-electron chi connectivity index (χ1n) is 7.66. The van der Waals surface area contributed by atoms with E-state index in [1.807, 2.05) is 19.2 Å². The number of ether oxygens (including phenoxy) is 1. The van der Waals surface area contributed by atoms with Crippen LogP contribution in [-0.2, 0) is 7.05 Å². The molecule has 1 amide bonds. The number of anilines is 1. The molecule has 0 atom stereocenters. The Bertz CT molecular complexity index is 672. The third-order valence-corrected chi connectivity index (χ3v) is 4.25. The maximum Gasteiger partial charge on any atom is 0.256 e. The van der Waals surface area contributed by atoms with Crippen LogP contribution in [0.25, 0.3) is 0 Å². The van der Waals surface area contributed by atoms with Crippen molar-refractivity contribution in [2.75, 3.05) is 12.4 Å². The molecule has 1 aromatic carbocycles. The highest BCUT2D eigenvalue weighted by molar-refractivity contribution is 6.04. The number of hydrogen-bond donors (Lipinski definition) is 1. The molecule has 0 bridgehead atoms. The Morgan fingerprint density at radius 3 is 2.82 bits per heavy atom. The number of carbonyl (C=O) groups excluding carboxylic acids is 1. The topological polar surface area (TPSA) is 56.1 Å². The largest absolute Gasteiger partial charge is 0.497 e. The lowest BCUT2D eigenvalue weighted by Crippen LogP contribution is -2.14. The van der Waals surface area contributed by atoms with Crippen molar-refractivity contribution < 1.29 is 9.53 Å². The highest BCUT2D eigenvalue weighted by atomic mass is 16.5. The van der Waals surface area contributed by atoms with Crippen LogP contribution in [-0.4, -0.2) is 22.8 Å². The lowest BCUT2D eigenvalue weighted by Gasteiger charge is -2.06. The number of nitrogens with one attached hydrogen (secondary N) is 1. The fraction of sp³-hybridized carbons (Fsp3) is 0.412. The second-order valence-corrected chi connectivity index (χ2v) is 5.75. The van der Waals surface area contributed by atoms with E-state index in [1.54, 1.807) is 30.0 Å². The van der Waals surface area contributed by atoms with Crippen LogP contribution in [0.1, 0.15) is 47.7 Å². The molecule has 116 valence electrons. The van der Waals surface area contributed by atoms with E-state index in [0.29, 0.717) is 17.2 Å². The number of carbonyl (C=O) groups is 1. The Balaban J connectivity index is 1.75. The molecule has 0 aliphatic heterocycles.